The van der Waals surface area contributed by atoms with Gasteiger partial charge in [-0.05, 0) is 49.6 Å². The molecule has 2 aliphatic heterocycles. The van der Waals surface area contributed by atoms with E-state index in [-0.39, 0.29) is 22.8 Å². The average molecular weight is 507 g/mol. The number of anilines is 1. The van der Waals surface area contributed by atoms with Crippen molar-refractivity contribution in [1.82, 2.24) is 5.32 Å². The Hall–Kier alpha value is -3.36. The van der Waals surface area contributed by atoms with Crippen LogP contribution in [0, 0.1) is 6.92 Å². The number of para-hydroxylation sites is 2. The molecule has 0 saturated carbocycles. The molecule has 8 heteroatoms. The fourth-order valence-corrected chi connectivity index (χ4v) is 6.37. The lowest BCUT2D eigenvalue weighted by Gasteiger charge is -2.39. The summed E-state index contributed by atoms with van der Waals surface area (Å²) in [6.45, 7) is 3.47. The number of rotatable bonds is 6. The standard InChI is InChI=1S/C28H30N2O5S/c1-21-11-13-23(14-12-21)36(32,33)30-19-26(35-25-10-6-5-9-24(25)30)27(31)29-20-28(15-17-34-18-16-28)22-7-3-2-4-8-22/h2-14,26H,15-20H2,1H3,(H,29,31). The molecular weight excluding hydrogens is 476 g/mol. The number of fused-ring (bicyclic) bond motifs is 1. The highest BCUT2D eigenvalue weighted by Crippen LogP contribution is 2.37. The van der Waals surface area contributed by atoms with E-state index in [4.69, 9.17) is 9.47 Å². The summed E-state index contributed by atoms with van der Waals surface area (Å²) >= 11 is 0. The van der Waals surface area contributed by atoms with Crippen LogP contribution in [0.5, 0.6) is 5.75 Å². The van der Waals surface area contributed by atoms with Gasteiger partial charge in [-0.15, -0.1) is 0 Å². The number of benzene rings is 3. The number of carbonyl (C=O) groups is 1. The van der Waals surface area contributed by atoms with Crippen molar-refractivity contribution >= 4 is 21.6 Å². The quantitative estimate of drug-likeness (QED) is 0.550. The van der Waals surface area contributed by atoms with Gasteiger partial charge in [-0.1, -0.05) is 60.2 Å². The van der Waals surface area contributed by atoms with Crippen molar-refractivity contribution in [2.75, 3.05) is 30.6 Å². The summed E-state index contributed by atoms with van der Waals surface area (Å²) in [5.74, 6) is 0.0267. The molecule has 0 radical (unpaired) electrons. The van der Waals surface area contributed by atoms with Crippen molar-refractivity contribution < 1.29 is 22.7 Å². The van der Waals surface area contributed by atoms with Gasteiger partial charge in [0.25, 0.3) is 15.9 Å². The Morgan fingerprint density at radius 1 is 0.972 bits per heavy atom. The number of aryl methyl sites for hydroxylation is 1. The third-order valence-electron chi connectivity index (χ3n) is 7.07. The molecule has 5 rings (SSSR count). The van der Waals surface area contributed by atoms with E-state index in [0.29, 0.717) is 31.2 Å². The van der Waals surface area contributed by atoms with E-state index in [2.05, 4.69) is 17.4 Å². The maximum absolute atomic E-state index is 13.6. The summed E-state index contributed by atoms with van der Waals surface area (Å²) < 4.78 is 40.1. The Morgan fingerprint density at radius 3 is 2.36 bits per heavy atom. The van der Waals surface area contributed by atoms with Gasteiger partial charge in [-0.25, -0.2) is 8.42 Å². The molecule has 0 spiro atoms. The normalized spacial score (nSPS) is 19.1. The first-order chi connectivity index (χ1) is 17.4. The average Bonchev–Trinajstić information content (AvgIpc) is 2.92. The largest absolute Gasteiger partial charge is 0.476 e. The number of carbonyl (C=O) groups excluding carboxylic acids is 1. The molecular formula is C28H30N2O5S. The lowest BCUT2D eigenvalue weighted by molar-refractivity contribution is -0.128. The highest BCUT2D eigenvalue weighted by molar-refractivity contribution is 7.92. The van der Waals surface area contributed by atoms with Crippen LogP contribution in [0.3, 0.4) is 0 Å². The molecule has 2 aliphatic rings. The van der Waals surface area contributed by atoms with Crippen LogP contribution in [0.1, 0.15) is 24.0 Å². The van der Waals surface area contributed by atoms with Crippen LogP contribution < -0.4 is 14.4 Å². The van der Waals surface area contributed by atoms with E-state index in [9.17, 15) is 13.2 Å². The van der Waals surface area contributed by atoms with Crippen LogP contribution >= 0.6 is 0 Å². The van der Waals surface area contributed by atoms with Crippen LogP contribution in [0.25, 0.3) is 0 Å². The SMILES string of the molecule is Cc1ccc(S(=O)(=O)N2CC(C(=O)NCC3(c4ccccc4)CCOCC3)Oc3ccccc32)cc1. The minimum Gasteiger partial charge on any atom is -0.476 e. The second-order valence-electron chi connectivity index (χ2n) is 9.40. The number of hydrogen-bond donors (Lipinski definition) is 1. The predicted octanol–water partition coefficient (Wildman–Crippen LogP) is 3.82. The van der Waals surface area contributed by atoms with Gasteiger partial charge >= 0.3 is 0 Å². The molecule has 1 N–H and O–H groups in total. The van der Waals surface area contributed by atoms with Gasteiger partial charge in [0.2, 0.25) is 0 Å². The van der Waals surface area contributed by atoms with Gasteiger partial charge in [0.05, 0.1) is 17.1 Å². The molecule has 0 aromatic heterocycles. The Morgan fingerprint density at radius 2 is 1.64 bits per heavy atom. The van der Waals surface area contributed by atoms with Crippen LogP contribution in [0.2, 0.25) is 0 Å². The summed E-state index contributed by atoms with van der Waals surface area (Å²) in [5.41, 5.74) is 2.31. The van der Waals surface area contributed by atoms with Crippen LogP contribution in [-0.4, -0.2) is 46.7 Å². The number of nitrogens with zero attached hydrogens (tertiary/aromatic N) is 1. The monoisotopic (exact) mass is 506 g/mol. The molecule has 0 bridgehead atoms. The maximum atomic E-state index is 13.6. The summed E-state index contributed by atoms with van der Waals surface area (Å²) in [5, 5.41) is 3.07. The minimum atomic E-state index is -3.89. The first-order valence-electron chi connectivity index (χ1n) is 12.2. The Bertz CT molecular complexity index is 1320. The van der Waals surface area contributed by atoms with Gasteiger partial charge in [-0.3, -0.25) is 9.10 Å². The molecule has 3 aromatic rings. The molecule has 2 heterocycles. The summed E-state index contributed by atoms with van der Waals surface area (Å²) in [4.78, 5) is 13.6. The van der Waals surface area contributed by atoms with E-state index in [1.165, 1.54) is 4.31 Å². The summed E-state index contributed by atoms with van der Waals surface area (Å²) in [7, 11) is -3.89. The zero-order valence-electron chi connectivity index (χ0n) is 20.2. The van der Waals surface area contributed by atoms with Crippen LogP contribution in [0.15, 0.2) is 83.8 Å². The van der Waals surface area contributed by atoms with E-state index < -0.39 is 16.1 Å². The van der Waals surface area contributed by atoms with Gasteiger partial charge in [0.1, 0.15) is 5.75 Å². The van der Waals surface area contributed by atoms with Crippen molar-refractivity contribution in [3.63, 3.8) is 0 Å². The van der Waals surface area contributed by atoms with E-state index in [0.717, 1.165) is 24.0 Å². The van der Waals surface area contributed by atoms with Gasteiger partial charge in [0, 0.05) is 25.2 Å². The number of sulfonamides is 1. The van der Waals surface area contributed by atoms with Gasteiger partial charge in [0.15, 0.2) is 6.10 Å². The lowest BCUT2D eigenvalue weighted by Crippen LogP contribution is -2.53. The lowest BCUT2D eigenvalue weighted by atomic mass is 9.74. The molecule has 7 nitrogen and oxygen atoms in total. The predicted molar refractivity (Wildman–Crippen MR) is 138 cm³/mol. The first kappa shape index (κ1) is 24.3. The summed E-state index contributed by atoms with van der Waals surface area (Å²) in [6.07, 6.45) is 0.604. The number of hydrogen-bond acceptors (Lipinski definition) is 5. The highest BCUT2D eigenvalue weighted by atomic mass is 32.2. The van der Waals surface area contributed by atoms with Crippen molar-refractivity contribution in [3.8, 4) is 5.75 Å². The molecule has 1 unspecified atom stereocenters. The van der Waals surface area contributed by atoms with E-state index in [1.54, 1.807) is 48.5 Å². The molecule has 3 aromatic carbocycles. The number of amides is 1. The molecule has 188 valence electrons. The topological polar surface area (TPSA) is 84.9 Å². The third kappa shape index (κ3) is 4.70. The zero-order chi connectivity index (χ0) is 25.2. The molecule has 1 fully saturated rings. The fourth-order valence-electron chi connectivity index (χ4n) is 4.90. The van der Waals surface area contributed by atoms with Crippen molar-refractivity contribution in [3.05, 3.63) is 90.0 Å². The van der Waals surface area contributed by atoms with Crippen molar-refractivity contribution in [2.24, 2.45) is 0 Å². The zero-order valence-corrected chi connectivity index (χ0v) is 21.0. The molecule has 1 saturated heterocycles. The number of nitrogens with one attached hydrogen (secondary N) is 1. The molecule has 1 amide bonds. The van der Waals surface area contributed by atoms with Crippen molar-refractivity contribution in [1.29, 1.82) is 0 Å². The first-order valence-corrected chi connectivity index (χ1v) is 13.6. The van der Waals surface area contributed by atoms with Crippen molar-refractivity contribution in [2.45, 2.75) is 36.2 Å². The Kier molecular flexibility index (Phi) is 6.73. The maximum Gasteiger partial charge on any atom is 0.264 e. The molecule has 1 atom stereocenters. The van der Waals surface area contributed by atoms with Gasteiger partial charge in [-0.2, -0.15) is 0 Å². The Balaban J connectivity index is 1.39. The smallest absolute Gasteiger partial charge is 0.264 e. The van der Waals surface area contributed by atoms with Crippen LogP contribution in [0.4, 0.5) is 5.69 Å². The van der Waals surface area contributed by atoms with E-state index >= 15 is 0 Å². The third-order valence-corrected chi connectivity index (χ3v) is 8.87. The molecule has 36 heavy (non-hydrogen) atoms. The van der Waals surface area contributed by atoms with Gasteiger partial charge < -0.3 is 14.8 Å². The second kappa shape index (κ2) is 9.95. The number of ether oxygens (including phenoxy) is 2. The summed E-state index contributed by atoms with van der Waals surface area (Å²) in [6, 6.07) is 23.8. The van der Waals surface area contributed by atoms with Crippen LogP contribution in [-0.2, 0) is 25.0 Å². The Labute approximate surface area is 212 Å². The fraction of sp³-hybridized carbons (Fsp3) is 0.321. The highest BCUT2D eigenvalue weighted by Gasteiger charge is 2.39. The van der Waals surface area contributed by atoms with E-state index in [1.807, 2.05) is 25.1 Å². The second-order valence-corrected chi connectivity index (χ2v) is 11.3. The minimum absolute atomic E-state index is 0.111. The molecule has 0 aliphatic carbocycles.